The second-order valence-electron chi connectivity index (χ2n) is 8.13. The third-order valence-corrected chi connectivity index (χ3v) is 6.81. The predicted octanol–water partition coefficient (Wildman–Crippen LogP) is 5.58. The quantitative estimate of drug-likeness (QED) is 0.366. The lowest BCUT2D eigenvalue weighted by atomic mass is 9.98. The molecule has 4 aromatic rings. The van der Waals surface area contributed by atoms with E-state index in [4.69, 9.17) is 9.15 Å². The van der Waals surface area contributed by atoms with Crippen molar-refractivity contribution >= 4 is 28.6 Å². The van der Waals surface area contributed by atoms with Gasteiger partial charge in [-0.25, -0.2) is 0 Å². The summed E-state index contributed by atoms with van der Waals surface area (Å²) in [5, 5.41) is 0.499. The van der Waals surface area contributed by atoms with Crippen molar-refractivity contribution in [1.29, 1.82) is 0 Å². The van der Waals surface area contributed by atoms with E-state index in [2.05, 4.69) is 0 Å². The standard InChI is InChI=1S/C27H23NO4S/c1-16-4-13-22-21(14-16)25(29)23-24(18-7-11-20(33-3)12-8-18)28(27(30)26(23)32-22)15-17-5-9-19(31-2)10-6-17/h4-14,24H,15H2,1-3H3/t24-/m0/s1. The summed E-state index contributed by atoms with van der Waals surface area (Å²) in [5.41, 5.74) is 3.47. The molecule has 0 bridgehead atoms. The van der Waals surface area contributed by atoms with Crippen LogP contribution in [0.5, 0.6) is 5.75 Å². The Balaban J connectivity index is 1.67. The zero-order valence-electron chi connectivity index (χ0n) is 18.6. The van der Waals surface area contributed by atoms with E-state index in [0.717, 1.165) is 27.3 Å². The summed E-state index contributed by atoms with van der Waals surface area (Å²) in [6.45, 7) is 2.28. The summed E-state index contributed by atoms with van der Waals surface area (Å²) >= 11 is 1.65. The number of aryl methyl sites for hydroxylation is 1. The molecule has 0 fully saturated rings. The lowest BCUT2D eigenvalue weighted by Gasteiger charge is -2.25. The molecule has 0 N–H and O–H groups in total. The van der Waals surface area contributed by atoms with Crippen molar-refractivity contribution in [2.24, 2.45) is 0 Å². The van der Waals surface area contributed by atoms with E-state index in [0.29, 0.717) is 23.1 Å². The maximum Gasteiger partial charge on any atom is 0.291 e. The number of methoxy groups -OCH3 is 1. The van der Waals surface area contributed by atoms with Gasteiger partial charge in [0.15, 0.2) is 5.43 Å². The molecular formula is C27H23NO4S. The van der Waals surface area contributed by atoms with Gasteiger partial charge in [-0.1, -0.05) is 35.9 Å². The maximum absolute atomic E-state index is 13.6. The van der Waals surface area contributed by atoms with E-state index >= 15 is 0 Å². The van der Waals surface area contributed by atoms with Crippen LogP contribution < -0.4 is 10.2 Å². The number of thioether (sulfide) groups is 1. The Morgan fingerprint density at radius 2 is 1.73 bits per heavy atom. The minimum Gasteiger partial charge on any atom is -0.497 e. The van der Waals surface area contributed by atoms with Crippen LogP contribution in [0.25, 0.3) is 11.0 Å². The van der Waals surface area contributed by atoms with Gasteiger partial charge in [-0.3, -0.25) is 9.59 Å². The van der Waals surface area contributed by atoms with Gasteiger partial charge in [0.25, 0.3) is 5.91 Å². The van der Waals surface area contributed by atoms with Crippen molar-refractivity contribution in [2.75, 3.05) is 13.4 Å². The number of carbonyl (C=O) groups is 1. The molecule has 1 amide bonds. The highest BCUT2D eigenvalue weighted by Gasteiger charge is 2.42. The molecule has 2 heterocycles. The number of amides is 1. The van der Waals surface area contributed by atoms with Crippen LogP contribution >= 0.6 is 11.8 Å². The lowest BCUT2D eigenvalue weighted by Crippen LogP contribution is -2.29. The highest BCUT2D eigenvalue weighted by Crippen LogP contribution is 2.39. The van der Waals surface area contributed by atoms with Crippen molar-refractivity contribution in [3.8, 4) is 5.75 Å². The topological polar surface area (TPSA) is 59.8 Å². The minimum absolute atomic E-state index is 0.129. The SMILES string of the molecule is COc1ccc(CN2C(=O)c3oc4ccc(C)cc4c(=O)c3[C@@H]2c2ccc(SC)cc2)cc1. The van der Waals surface area contributed by atoms with Gasteiger partial charge in [-0.15, -0.1) is 11.8 Å². The molecule has 1 aromatic heterocycles. The number of rotatable bonds is 5. The van der Waals surface area contributed by atoms with Gasteiger partial charge in [0.05, 0.1) is 24.1 Å². The zero-order valence-corrected chi connectivity index (χ0v) is 19.4. The molecule has 5 nitrogen and oxygen atoms in total. The molecule has 3 aromatic carbocycles. The van der Waals surface area contributed by atoms with Crippen molar-refractivity contribution in [1.82, 2.24) is 4.90 Å². The van der Waals surface area contributed by atoms with Crippen LogP contribution in [0.1, 0.15) is 38.9 Å². The minimum atomic E-state index is -0.522. The second kappa shape index (κ2) is 8.45. The summed E-state index contributed by atoms with van der Waals surface area (Å²) in [5.74, 6) is 0.598. The molecule has 0 spiro atoms. The van der Waals surface area contributed by atoms with Crippen molar-refractivity contribution in [2.45, 2.75) is 24.4 Å². The first-order valence-electron chi connectivity index (χ1n) is 10.7. The van der Waals surface area contributed by atoms with Gasteiger partial charge < -0.3 is 14.1 Å². The number of hydrogen-bond donors (Lipinski definition) is 0. The molecule has 1 aliphatic rings. The first kappa shape index (κ1) is 21.3. The summed E-state index contributed by atoms with van der Waals surface area (Å²) in [6, 6.07) is 20.5. The largest absolute Gasteiger partial charge is 0.497 e. The predicted molar refractivity (Wildman–Crippen MR) is 130 cm³/mol. The van der Waals surface area contributed by atoms with E-state index in [-0.39, 0.29) is 17.1 Å². The molecule has 0 aliphatic carbocycles. The van der Waals surface area contributed by atoms with Gasteiger partial charge in [0, 0.05) is 11.4 Å². The second-order valence-corrected chi connectivity index (χ2v) is 9.01. The van der Waals surface area contributed by atoms with E-state index in [1.807, 2.05) is 73.8 Å². The fourth-order valence-electron chi connectivity index (χ4n) is 4.36. The van der Waals surface area contributed by atoms with Crippen LogP contribution in [0.15, 0.2) is 80.8 Å². The molecule has 1 aliphatic heterocycles. The number of carbonyl (C=O) groups excluding carboxylic acids is 1. The van der Waals surface area contributed by atoms with Crippen LogP contribution in [-0.4, -0.2) is 24.2 Å². The Hall–Kier alpha value is -3.51. The Kier molecular flexibility index (Phi) is 5.46. The maximum atomic E-state index is 13.6. The van der Waals surface area contributed by atoms with Gasteiger partial charge >= 0.3 is 0 Å². The number of ether oxygens (including phenoxy) is 1. The molecule has 6 heteroatoms. The third-order valence-electron chi connectivity index (χ3n) is 6.06. The van der Waals surface area contributed by atoms with Gasteiger partial charge in [-0.2, -0.15) is 0 Å². The van der Waals surface area contributed by atoms with Crippen LogP contribution in [-0.2, 0) is 6.54 Å². The Labute approximate surface area is 196 Å². The molecule has 0 saturated carbocycles. The Morgan fingerprint density at radius 1 is 1.00 bits per heavy atom. The third kappa shape index (κ3) is 3.70. The van der Waals surface area contributed by atoms with Gasteiger partial charge in [0.2, 0.25) is 5.76 Å². The molecule has 0 unspecified atom stereocenters. The highest BCUT2D eigenvalue weighted by molar-refractivity contribution is 7.98. The summed E-state index contributed by atoms with van der Waals surface area (Å²) in [4.78, 5) is 30.0. The molecule has 0 saturated heterocycles. The molecule has 5 rings (SSSR count). The number of benzene rings is 3. The fraction of sp³-hybridized carbons (Fsp3) is 0.185. The molecule has 166 valence electrons. The van der Waals surface area contributed by atoms with Gasteiger partial charge in [0.1, 0.15) is 11.3 Å². The van der Waals surface area contributed by atoms with Crippen LogP contribution in [0.4, 0.5) is 0 Å². The Morgan fingerprint density at radius 3 is 2.39 bits per heavy atom. The van der Waals surface area contributed by atoms with Crippen LogP contribution in [0, 0.1) is 6.92 Å². The lowest BCUT2D eigenvalue weighted by molar-refractivity contribution is 0.0714. The van der Waals surface area contributed by atoms with Crippen molar-refractivity contribution in [3.63, 3.8) is 0 Å². The molecule has 33 heavy (non-hydrogen) atoms. The Bertz CT molecular complexity index is 1410. The van der Waals surface area contributed by atoms with Gasteiger partial charge in [-0.05, 0) is 60.7 Å². The van der Waals surface area contributed by atoms with E-state index in [1.165, 1.54) is 0 Å². The average molecular weight is 458 g/mol. The van der Waals surface area contributed by atoms with Crippen molar-refractivity contribution < 1.29 is 13.9 Å². The number of hydrogen-bond acceptors (Lipinski definition) is 5. The average Bonchev–Trinajstić information content (AvgIpc) is 3.12. The summed E-state index contributed by atoms with van der Waals surface area (Å²) in [6.07, 6.45) is 2.02. The zero-order chi connectivity index (χ0) is 23.1. The van der Waals surface area contributed by atoms with E-state index in [9.17, 15) is 9.59 Å². The normalized spacial score (nSPS) is 15.2. The number of fused-ring (bicyclic) bond motifs is 2. The summed E-state index contributed by atoms with van der Waals surface area (Å²) in [7, 11) is 1.62. The first-order valence-corrected chi connectivity index (χ1v) is 11.9. The molecule has 0 radical (unpaired) electrons. The smallest absolute Gasteiger partial charge is 0.291 e. The molecular weight excluding hydrogens is 434 g/mol. The van der Waals surface area contributed by atoms with Crippen molar-refractivity contribution in [3.05, 3.63) is 105 Å². The fourth-order valence-corrected chi connectivity index (χ4v) is 4.77. The first-order chi connectivity index (χ1) is 16.0. The van der Waals surface area contributed by atoms with Crippen LogP contribution in [0.2, 0.25) is 0 Å². The van der Waals surface area contributed by atoms with E-state index < -0.39 is 6.04 Å². The highest BCUT2D eigenvalue weighted by atomic mass is 32.2. The monoisotopic (exact) mass is 457 g/mol. The molecule has 1 atom stereocenters. The summed E-state index contributed by atoms with van der Waals surface area (Å²) < 4.78 is 11.3. The van der Waals surface area contributed by atoms with E-state index in [1.54, 1.807) is 29.8 Å². The van der Waals surface area contributed by atoms with Crippen LogP contribution in [0.3, 0.4) is 0 Å². The number of nitrogens with zero attached hydrogens (tertiary/aromatic N) is 1.